The molecule has 1 aromatic heterocycles. The van der Waals surface area contributed by atoms with Gasteiger partial charge in [0.05, 0.1) is 19.8 Å². The van der Waals surface area contributed by atoms with Crippen LogP contribution in [0.15, 0.2) is 88.3 Å². The van der Waals surface area contributed by atoms with Gasteiger partial charge in [-0.25, -0.2) is 0 Å². The minimum atomic E-state index is 0.650. The molecular weight excluding hydrogens is 400 g/mol. The third-order valence-electron chi connectivity index (χ3n) is 5.42. The summed E-state index contributed by atoms with van der Waals surface area (Å²) in [4.78, 5) is 4.43. The lowest BCUT2D eigenvalue weighted by Gasteiger charge is -2.09. The first-order chi connectivity index (χ1) is 15.8. The third-order valence-corrected chi connectivity index (χ3v) is 5.42. The van der Waals surface area contributed by atoms with Crippen molar-refractivity contribution in [3.05, 3.63) is 84.4 Å². The Kier molecular flexibility index (Phi) is 6.06. The molecule has 2 heterocycles. The molecule has 0 saturated carbocycles. The van der Waals surface area contributed by atoms with Gasteiger partial charge in [0.25, 0.3) is 0 Å². The lowest BCUT2D eigenvalue weighted by molar-refractivity contribution is 0.266. The van der Waals surface area contributed by atoms with Gasteiger partial charge in [0.15, 0.2) is 0 Å². The van der Waals surface area contributed by atoms with Gasteiger partial charge in [-0.3, -0.25) is 4.99 Å². The number of para-hydroxylation sites is 1. The van der Waals surface area contributed by atoms with Gasteiger partial charge in [-0.1, -0.05) is 30.3 Å². The summed E-state index contributed by atoms with van der Waals surface area (Å²) in [5.41, 5.74) is 3.02. The van der Waals surface area contributed by atoms with Gasteiger partial charge in [0.2, 0.25) is 0 Å². The van der Waals surface area contributed by atoms with E-state index < -0.39 is 0 Å². The van der Waals surface area contributed by atoms with Crippen LogP contribution in [0.4, 0.5) is 0 Å². The van der Waals surface area contributed by atoms with Gasteiger partial charge < -0.3 is 19.2 Å². The number of amidine groups is 1. The molecule has 0 bridgehead atoms. The van der Waals surface area contributed by atoms with Crippen LogP contribution in [0, 0.1) is 0 Å². The molecular formula is C27H26N2O3. The predicted molar refractivity (Wildman–Crippen MR) is 128 cm³/mol. The van der Waals surface area contributed by atoms with E-state index in [2.05, 4.69) is 22.4 Å². The summed E-state index contributed by atoms with van der Waals surface area (Å²) in [5, 5.41) is 4.38. The average Bonchev–Trinajstić information content (AvgIpc) is 3.52. The van der Waals surface area contributed by atoms with Gasteiger partial charge in [0.1, 0.15) is 28.7 Å². The first-order valence-corrected chi connectivity index (χ1v) is 11.1. The number of fused-ring (bicyclic) bond motifs is 1. The number of rotatable bonds is 9. The maximum absolute atomic E-state index is 5.96. The van der Waals surface area contributed by atoms with Crippen LogP contribution < -0.4 is 14.8 Å². The molecule has 1 aliphatic rings. The molecule has 0 saturated heterocycles. The molecule has 0 aliphatic carbocycles. The SMILES string of the molecule is c1cc(OCCCCOc2ccc(C3=NCCN3)cc2)cc(-c2cc3ccccc3o2)c1. The van der Waals surface area contributed by atoms with Gasteiger partial charge in [0, 0.05) is 23.1 Å². The molecule has 1 N–H and O–H groups in total. The Bertz CT molecular complexity index is 1180. The lowest BCUT2D eigenvalue weighted by Crippen LogP contribution is -2.19. The molecule has 5 rings (SSSR count). The van der Waals surface area contributed by atoms with Gasteiger partial charge in [-0.15, -0.1) is 0 Å². The molecule has 5 nitrogen and oxygen atoms in total. The second-order valence-electron chi connectivity index (χ2n) is 7.76. The maximum atomic E-state index is 5.96. The monoisotopic (exact) mass is 426 g/mol. The molecule has 0 radical (unpaired) electrons. The molecule has 3 aromatic carbocycles. The topological polar surface area (TPSA) is 56.0 Å². The van der Waals surface area contributed by atoms with E-state index in [-0.39, 0.29) is 0 Å². The zero-order valence-corrected chi connectivity index (χ0v) is 17.9. The summed E-state index contributed by atoms with van der Waals surface area (Å²) in [6.07, 6.45) is 1.85. The Morgan fingerprint density at radius 2 is 1.59 bits per heavy atom. The maximum Gasteiger partial charge on any atom is 0.135 e. The number of ether oxygens (including phenoxy) is 2. The molecule has 0 unspecified atom stereocenters. The zero-order valence-electron chi connectivity index (χ0n) is 17.9. The molecule has 1 aliphatic heterocycles. The Balaban J connectivity index is 1.06. The zero-order chi connectivity index (χ0) is 21.6. The van der Waals surface area contributed by atoms with Crippen LogP contribution in [-0.2, 0) is 0 Å². The fourth-order valence-corrected chi connectivity index (χ4v) is 3.75. The van der Waals surface area contributed by atoms with Gasteiger partial charge in [-0.05, 0) is 61.4 Å². The van der Waals surface area contributed by atoms with E-state index in [1.807, 2.05) is 66.7 Å². The van der Waals surface area contributed by atoms with Crippen molar-refractivity contribution in [2.45, 2.75) is 12.8 Å². The van der Waals surface area contributed by atoms with Gasteiger partial charge >= 0.3 is 0 Å². The van der Waals surface area contributed by atoms with E-state index >= 15 is 0 Å². The number of unbranched alkanes of at least 4 members (excludes halogenated alkanes) is 1. The van der Waals surface area contributed by atoms with Crippen molar-refractivity contribution in [2.24, 2.45) is 4.99 Å². The molecule has 0 amide bonds. The highest BCUT2D eigenvalue weighted by Gasteiger charge is 2.08. The van der Waals surface area contributed by atoms with E-state index in [4.69, 9.17) is 13.9 Å². The Morgan fingerprint density at radius 1 is 0.781 bits per heavy atom. The normalized spacial score (nSPS) is 13.1. The van der Waals surface area contributed by atoms with Crippen molar-refractivity contribution in [3.63, 3.8) is 0 Å². The molecule has 0 spiro atoms. The van der Waals surface area contributed by atoms with E-state index in [1.54, 1.807) is 0 Å². The number of hydrogen-bond donors (Lipinski definition) is 1. The summed E-state index contributed by atoms with van der Waals surface area (Å²) in [5.74, 6) is 3.56. The second kappa shape index (κ2) is 9.60. The van der Waals surface area contributed by atoms with Crippen molar-refractivity contribution in [3.8, 4) is 22.8 Å². The smallest absolute Gasteiger partial charge is 0.135 e. The Hall–Kier alpha value is -3.73. The van der Waals surface area contributed by atoms with Crippen LogP contribution in [-0.4, -0.2) is 32.1 Å². The summed E-state index contributed by atoms with van der Waals surface area (Å²) in [6, 6.07) is 26.2. The van der Waals surface area contributed by atoms with Crippen LogP contribution in [0.1, 0.15) is 18.4 Å². The second-order valence-corrected chi connectivity index (χ2v) is 7.76. The number of nitrogens with one attached hydrogen (secondary N) is 1. The fourth-order valence-electron chi connectivity index (χ4n) is 3.75. The summed E-state index contributed by atoms with van der Waals surface area (Å²) >= 11 is 0. The fraction of sp³-hybridized carbons (Fsp3) is 0.222. The van der Waals surface area contributed by atoms with Crippen LogP contribution in [0.3, 0.4) is 0 Å². The first-order valence-electron chi connectivity index (χ1n) is 11.1. The molecule has 0 fully saturated rings. The third kappa shape index (κ3) is 4.78. The number of nitrogens with zero attached hydrogens (tertiary/aromatic N) is 1. The summed E-state index contributed by atoms with van der Waals surface area (Å²) < 4.78 is 17.8. The van der Waals surface area contributed by atoms with Crippen LogP contribution in [0.5, 0.6) is 11.5 Å². The van der Waals surface area contributed by atoms with Crippen molar-refractivity contribution in [1.29, 1.82) is 0 Å². The lowest BCUT2D eigenvalue weighted by atomic mass is 10.1. The highest BCUT2D eigenvalue weighted by molar-refractivity contribution is 5.99. The Morgan fingerprint density at radius 3 is 2.38 bits per heavy atom. The average molecular weight is 427 g/mol. The van der Waals surface area contributed by atoms with Crippen LogP contribution >= 0.6 is 0 Å². The van der Waals surface area contributed by atoms with Crippen LogP contribution in [0.2, 0.25) is 0 Å². The number of hydrogen-bond acceptors (Lipinski definition) is 5. The standard InChI is InChI=1S/C27H26N2O3/c1-2-9-25-22(6-1)19-26(32-25)21-7-5-8-24(18-21)31-17-4-3-16-30-23-12-10-20(11-13-23)27-28-14-15-29-27/h1-2,5-13,18-19H,3-4,14-17H2,(H,28,29). The molecule has 5 heteroatoms. The van der Waals surface area contributed by atoms with Crippen molar-refractivity contribution < 1.29 is 13.9 Å². The molecule has 4 aromatic rings. The highest BCUT2D eigenvalue weighted by atomic mass is 16.5. The minimum absolute atomic E-state index is 0.650. The van der Waals surface area contributed by atoms with Crippen LogP contribution in [0.25, 0.3) is 22.3 Å². The van der Waals surface area contributed by atoms with E-state index in [0.29, 0.717) is 13.2 Å². The molecule has 32 heavy (non-hydrogen) atoms. The predicted octanol–water partition coefficient (Wildman–Crippen LogP) is 5.69. The van der Waals surface area contributed by atoms with Crippen molar-refractivity contribution in [2.75, 3.05) is 26.3 Å². The van der Waals surface area contributed by atoms with E-state index in [0.717, 1.165) is 71.1 Å². The Labute approximate surface area is 187 Å². The van der Waals surface area contributed by atoms with Crippen molar-refractivity contribution in [1.82, 2.24) is 5.32 Å². The summed E-state index contributed by atoms with van der Waals surface area (Å²) in [7, 11) is 0. The number of benzene rings is 3. The number of furan rings is 1. The van der Waals surface area contributed by atoms with E-state index in [1.165, 1.54) is 0 Å². The first kappa shape index (κ1) is 20.2. The van der Waals surface area contributed by atoms with Crippen molar-refractivity contribution >= 4 is 16.8 Å². The minimum Gasteiger partial charge on any atom is -0.494 e. The number of aliphatic imine (C=N–C) groups is 1. The largest absolute Gasteiger partial charge is 0.494 e. The quantitative estimate of drug-likeness (QED) is 0.350. The van der Waals surface area contributed by atoms with Gasteiger partial charge in [-0.2, -0.15) is 0 Å². The highest BCUT2D eigenvalue weighted by Crippen LogP contribution is 2.29. The molecule has 162 valence electrons. The van der Waals surface area contributed by atoms with E-state index in [9.17, 15) is 0 Å². The molecule has 0 atom stereocenters. The summed E-state index contributed by atoms with van der Waals surface area (Å²) in [6.45, 7) is 3.08.